The largest absolute Gasteiger partial charge is 0.350 e. The number of nitrogens with zero attached hydrogens (tertiary/aromatic N) is 3. The van der Waals surface area contributed by atoms with Gasteiger partial charge in [0.2, 0.25) is 5.91 Å². The number of imide groups is 1. The van der Waals surface area contributed by atoms with Crippen LogP contribution in [0, 0.1) is 0 Å². The molecule has 9 heteroatoms. The van der Waals surface area contributed by atoms with Crippen LogP contribution in [0.4, 0.5) is 4.79 Å². The molecule has 4 rings (SSSR count). The average molecular weight is 449 g/mol. The molecule has 0 bridgehead atoms. The Morgan fingerprint density at radius 1 is 1.00 bits per heavy atom. The molecular weight excluding hydrogens is 428 g/mol. The van der Waals surface area contributed by atoms with Crippen molar-refractivity contribution in [1.29, 1.82) is 0 Å². The van der Waals surface area contributed by atoms with Gasteiger partial charge in [-0.2, -0.15) is 5.10 Å². The summed E-state index contributed by atoms with van der Waals surface area (Å²) < 4.78 is 1.15. The smallest absolute Gasteiger partial charge is 0.288 e. The minimum Gasteiger partial charge on any atom is -0.350 e. The van der Waals surface area contributed by atoms with Crippen molar-refractivity contribution < 1.29 is 14.4 Å². The predicted octanol–water partition coefficient (Wildman–Crippen LogP) is 2.54. The van der Waals surface area contributed by atoms with Crippen molar-refractivity contribution in [3.05, 3.63) is 76.6 Å². The van der Waals surface area contributed by atoms with E-state index in [0.29, 0.717) is 16.8 Å². The molecule has 32 heavy (non-hydrogen) atoms. The van der Waals surface area contributed by atoms with Crippen LogP contribution in [0.2, 0.25) is 0 Å². The highest BCUT2D eigenvalue weighted by molar-refractivity contribution is 8.14. The van der Waals surface area contributed by atoms with Crippen LogP contribution in [-0.4, -0.2) is 50.6 Å². The minimum atomic E-state index is -0.587. The number of thioether (sulfide) groups is 1. The van der Waals surface area contributed by atoms with Gasteiger partial charge in [0.05, 0.1) is 11.4 Å². The van der Waals surface area contributed by atoms with Gasteiger partial charge in [-0.05, 0) is 5.56 Å². The number of nitrogens with one attached hydrogen (secondary N) is 1. The molecule has 1 aromatic heterocycles. The molecule has 0 atom stereocenters. The van der Waals surface area contributed by atoms with E-state index in [1.165, 1.54) is 7.05 Å². The van der Waals surface area contributed by atoms with E-state index in [1.807, 2.05) is 60.7 Å². The minimum absolute atomic E-state index is 0.0389. The molecule has 0 unspecified atom stereocenters. The summed E-state index contributed by atoms with van der Waals surface area (Å²) in [7, 11) is 1.50. The Kier molecular flexibility index (Phi) is 6.18. The van der Waals surface area contributed by atoms with E-state index in [1.54, 1.807) is 0 Å². The van der Waals surface area contributed by atoms with Crippen LogP contribution in [0.25, 0.3) is 22.4 Å². The summed E-state index contributed by atoms with van der Waals surface area (Å²) in [6.45, 7) is 0.0886. The van der Waals surface area contributed by atoms with E-state index in [4.69, 9.17) is 0 Å². The molecule has 162 valence electrons. The maximum atomic E-state index is 13.2. The standard InChI is InChI=1S/C23H20N4O4S/c1-26-22(30)19(21(29)24-12-13-27-17(28)14-32-23(27)31)18(15-8-4-2-5-9-15)20(25-26)16-10-6-3-7-11-16/h2-11H,12-14H2,1H3,(H,24,29). The third-order valence-electron chi connectivity index (χ3n) is 5.04. The summed E-state index contributed by atoms with van der Waals surface area (Å²) in [5.74, 6) is -0.766. The fourth-order valence-electron chi connectivity index (χ4n) is 3.49. The first-order valence-electron chi connectivity index (χ1n) is 9.95. The Morgan fingerprint density at radius 3 is 2.22 bits per heavy atom. The number of hydrogen-bond acceptors (Lipinski definition) is 6. The zero-order chi connectivity index (χ0) is 22.7. The molecule has 0 spiro atoms. The van der Waals surface area contributed by atoms with Crippen molar-refractivity contribution in [1.82, 2.24) is 20.0 Å². The van der Waals surface area contributed by atoms with E-state index >= 15 is 0 Å². The van der Waals surface area contributed by atoms with Gasteiger partial charge in [0, 0.05) is 31.3 Å². The highest BCUT2D eigenvalue weighted by Gasteiger charge is 2.30. The second-order valence-corrected chi connectivity index (χ2v) is 8.04. The summed E-state index contributed by atoms with van der Waals surface area (Å²) in [6, 6.07) is 18.5. The first-order valence-corrected chi connectivity index (χ1v) is 10.9. The molecule has 2 heterocycles. The van der Waals surface area contributed by atoms with Crippen LogP contribution >= 0.6 is 11.8 Å². The summed E-state index contributed by atoms with van der Waals surface area (Å²) in [5.41, 5.74) is 1.81. The van der Waals surface area contributed by atoms with Gasteiger partial charge >= 0.3 is 0 Å². The third kappa shape index (κ3) is 4.19. The average Bonchev–Trinajstić information content (AvgIpc) is 3.13. The number of carbonyl (C=O) groups is 3. The van der Waals surface area contributed by atoms with Crippen molar-refractivity contribution in [2.75, 3.05) is 18.8 Å². The van der Waals surface area contributed by atoms with Gasteiger partial charge in [-0.15, -0.1) is 0 Å². The first-order chi connectivity index (χ1) is 15.5. The van der Waals surface area contributed by atoms with E-state index < -0.39 is 11.5 Å². The zero-order valence-corrected chi connectivity index (χ0v) is 18.1. The number of carbonyl (C=O) groups excluding carboxylic acids is 3. The second kappa shape index (κ2) is 9.19. The lowest BCUT2D eigenvalue weighted by molar-refractivity contribution is -0.124. The van der Waals surface area contributed by atoms with E-state index in [2.05, 4.69) is 10.4 Å². The summed E-state index contributed by atoms with van der Waals surface area (Å²) in [6.07, 6.45) is 0. The van der Waals surface area contributed by atoms with Crippen LogP contribution < -0.4 is 10.9 Å². The molecule has 3 aromatic rings. The van der Waals surface area contributed by atoms with Gasteiger partial charge in [-0.25, -0.2) is 4.68 Å². The lowest BCUT2D eigenvalue weighted by Gasteiger charge is -2.17. The molecule has 0 radical (unpaired) electrons. The number of aryl methyl sites for hydroxylation is 1. The highest BCUT2D eigenvalue weighted by atomic mass is 32.2. The van der Waals surface area contributed by atoms with Gasteiger partial charge < -0.3 is 5.32 Å². The van der Waals surface area contributed by atoms with Gasteiger partial charge in [0.15, 0.2) is 0 Å². The van der Waals surface area contributed by atoms with E-state index in [-0.39, 0.29) is 35.6 Å². The maximum absolute atomic E-state index is 13.2. The monoisotopic (exact) mass is 448 g/mol. The van der Waals surface area contributed by atoms with Crippen molar-refractivity contribution in [3.63, 3.8) is 0 Å². The number of aromatic nitrogens is 2. The van der Waals surface area contributed by atoms with Crippen molar-refractivity contribution >= 4 is 28.8 Å². The summed E-state index contributed by atoms with van der Waals surface area (Å²) >= 11 is 0.936. The van der Waals surface area contributed by atoms with Crippen molar-refractivity contribution in [3.8, 4) is 22.4 Å². The molecule has 2 aromatic carbocycles. The Labute approximate surface area is 188 Å². The number of hydrogen-bond donors (Lipinski definition) is 1. The Hall–Kier alpha value is -3.72. The van der Waals surface area contributed by atoms with E-state index in [9.17, 15) is 19.2 Å². The first kappa shape index (κ1) is 21.5. The molecule has 3 amide bonds. The predicted molar refractivity (Wildman–Crippen MR) is 122 cm³/mol. The van der Waals surface area contributed by atoms with E-state index in [0.717, 1.165) is 26.9 Å². The molecular formula is C23H20N4O4S. The van der Waals surface area contributed by atoms with Gasteiger partial charge in [-0.1, -0.05) is 72.4 Å². The molecule has 1 aliphatic rings. The van der Waals surface area contributed by atoms with Crippen LogP contribution in [0.15, 0.2) is 65.5 Å². The lowest BCUT2D eigenvalue weighted by atomic mass is 9.95. The molecule has 1 N–H and O–H groups in total. The normalized spacial score (nSPS) is 13.5. The van der Waals surface area contributed by atoms with Gasteiger partial charge in [0.25, 0.3) is 16.7 Å². The highest BCUT2D eigenvalue weighted by Crippen LogP contribution is 2.31. The second-order valence-electron chi connectivity index (χ2n) is 7.12. The Morgan fingerprint density at radius 2 is 1.62 bits per heavy atom. The SMILES string of the molecule is Cn1nc(-c2ccccc2)c(-c2ccccc2)c(C(=O)NCCN2C(=O)CSC2=O)c1=O. The zero-order valence-electron chi connectivity index (χ0n) is 17.3. The van der Waals surface area contributed by atoms with Gasteiger partial charge in [-0.3, -0.25) is 24.1 Å². The quantitative estimate of drug-likeness (QED) is 0.622. The summed E-state index contributed by atoms with van der Waals surface area (Å²) in [5, 5.41) is 6.80. The number of benzene rings is 2. The van der Waals surface area contributed by atoms with Crippen LogP contribution in [-0.2, 0) is 11.8 Å². The Bertz CT molecular complexity index is 1230. The lowest BCUT2D eigenvalue weighted by Crippen LogP contribution is -2.40. The maximum Gasteiger partial charge on any atom is 0.288 e. The van der Waals surface area contributed by atoms with Crippen molar-refractivity contribution in [2.24, 2.45) is 7.05 Å². The molecule has 1 saturated heterocycles. The molecule has 8 nitrogen and oxygen atoms in total. The van der Waals surface area contributed by atoms with Crippen LogP contribution in [0.1, 0.15) is 10.4 Å². The number of rotatable bonds is 6. The molecule has 0 aliphatic carbocycles. The third-order valence-corrected chi connectivity index (χ3v) is 5.90. The molecule has 1 fully saturated rings. The number of amides is 3. The summed E-state index contributed by atoms with van der Waals surface area (Å²) in [4.78, 5) is 50.9. The van der Waals surface area contributed by atoms with Crippen LogP contribution in [0.3, 0.4) is 0 Å². The van der Waals surface area contributed by atoms with Gasteiger partial charge in [0.1, 0.15) is 5.56 Å². The fraction of sp³-hybridized carbons (Fsp3) is 0.174. The topological polar surface area (TPSA) is 101 Å². The Balaban J connectivity index is 1.74. The van der Waals surface area contributed by atoms with Crippen LogP contribution in [0.5, 0.6) is 0 Å². The fourth-order valence-corrected chi connectivity index (χ4v) is 4.25. The molecule has 1 aliphatic heterocycles. The van der Waals surface area contributed by atoms with Crippen molar-refractivity contribution in [2.45, 2.75) is 0 Å². The molecule has 0 saturated carbocycles.